The molecule has 2 rings (SSSR count). The van der Waals surface area contributed by atoms with E-state index in [9.17, 15) is 12.8 Å². The van der Waals surface area contributed by atoms with Gasteiger partial charge in [0.2, 0.25) is 0 Å². The molecule has 0 aliphatic rings. The molecule has 0 aliphatic carbocycles. The van der Waals surface area contributed by atoms with Gasteiger partial charge < -0.3 is 0 Å². The maximum absolute atomic E-state index is 13.3. The summed E-state index contributed by atoms with van der Waals surface area (Å²) in [4.78, 5) is 0.957. The van der Waals surface area contributed by atoms with E-state index < -0.39 is 15.8 Å². The Labute approximate surface area is 128 Å². The molecule has 0 atom stereocenters. The van der Waals surface area contributed by atoms with Crippen LogP contribution < -0.4 is 4.72 Å². The second-order valence-corrected chi connectivity index (χ2v) is 7.14. The number of hydrogen-bond donors (Lipinski definition) is 1. The summed E-state index contributed by atoms with van der Waals surface area (Å²) in [7, 11) is -3.75. The zero-order chi connectivity index (χ0) is 15.6. The van der Waals surface area contributed by atoms with E-state index in [0.29, 0.717) is 16.8 Å². The van der Waals surface area contributed by atoms with Crippen LogP contribution in [0.25, 0.3) is 0 Å². The highest BCUT2D eigenvalue weighted by atomic mass is 32.2. The SMILES string of the molecule is CSc1ccccc1NS(=O)(=O)c1c(C)cc(F)cc1C. The predicted octanol–water partition coefficient (Wildman–Crippen LogP) is 3.97. The molecule has 0 spiro atoms. The van der Waals surface area contributed by atoms with Gasteiger partial charge in [-0.1, -0.05) is 12.1 Å². The van der Waals surface area contributed by atoms with Gasteiger partial charge in [0.05, 0.1) is 10.6 Å². The van der Waals surface area contributed by atoms with Crippen LogP contribution >= 0.6 is 11.8 Å². The van der Waals surface area contributed by atoms with Crippen molar-refractivity contribution in [3.8, 4) is 0 Å². The maximum atomic E-state index is 13.3. The molecular formula is C15H16FNO2S2. The van der Waals surface area contributed by atoms with Crippen LogP contribution in [0.15, 0.2) is 46.2 Å². The molecule has 1 N–H and O–H groups in total. The van der Waals surface area contributed by atoms with Crippen LogP contribution in [0.1, 0.15) is 11.1 Å². The fourth-order valence-corrected chi connectivity index (χ4v) is 4.40. The Balaban J connectivity index is 2.49. The van der Waals surface area contributed by atoms with Crippen molar-refractivity contribution >= 4 is 27.5 Å². The molecule has 0 amide bonds. The van der Waals surface area contributed by atoms with Crippen molar-refractivity contribution < 1.29 is 12.8 Å². The molecule has 2 aromatic carbocycles. The molecule has 0 saturated heterocycles. The molecule has 0 heterocycles. The number of rotatable bonds is 4. The Morgan fingerprint density at radius 3 is 2.24 bits per heavy atom. The molecular weight excluding hydrogens is 309 g/mol. The van der Waals surface area contributed by atoms with Gasteiger partial charge in [-0.15, -0.1) is 11.8 Å². The van der Waals surface area contributed by atoms with E-state index in [1.807, 2.05) is 18.4 Å². The first-order chi connectivity index (χ1) is 9.85. The van der Waals surface area contributed by atoms with Crippen LogP contribution in [-0.2, 0) is 10.0 Å². The van der Waals surface area contributed by atoms with Gasteiger partial charge in [0, 0.05) is 4.90 Å². The third-order valence-electron chi connectivity index (χ3n) is 3.05. The lowest BCUT2D eigenvalue weighted by Gasteiger charge is -2.14. The Hall–Kier alpha value is -1.53. The van der Waals surface area contributed by atoms with Gasteiger partial charge in [-0.25, -0.2) is 12.8 Å². The Morgan fingerprint density at radius 2 is 1.67 bits per heavy atom. The van der Waals surface area contributed by atoms with Gasteiger partial charge in [-0.2, -0.15) is 0 Å². The number of benzene rings is 2. The average molecular weight is 325 g/mol. The highest BCUT2D eigenvalue weighted by Crippen LogP contribution is 2.29. The molecule has 0 unspecified atom stereocenters. The van der Waals surface area contributed by atoms with E-state index in [4.69, 9.17) is 0 Å². The predicted molar refractivity (Wildman–Crippen MR) is 84.9 cm³/mol. The first kappa shape index (κ1) is 15.9. The van der Waals surface area contributed by atoms with Crippen molar-refractivity contribution in [3.63, 3.8) is 0 Å². The lowest BCUT2D eigenvalue weighted by Crippen LogP contribution is -2.16. The summed E-state index contributed by atoms with van der Waals surface area (Å²) in [6.07, 6.45) is 1.88. The lowest BCUT2D eigenvalue weighted by atomic mass is 10.1. The second-order valence-electron chi connectivity index (χ2n) is 4.67. The highest BCUT2D eigenvalue weighted by molar-refractivity contribution is 7.99. The molecule has 0 aliphatic heterocycles. The molecule has 0 fully saturated rings. The molecule has 6 heteroatoms. The first-order valence-electron chi connectivity index (χ1n) is 6.27. The van der Waals surface area contributed by atoms with Gasteiger partial charge in [0.15, 0.2) is 0 Å². The number of nitrogens with one attached hydrogen (secondary N) is 1. The molecule has 2 aromatic rings. The summed E-state index contributed by atoms with van der Waals surface area (Å²) < 4.78 is 41.1. The third-order valence-corrected chi connectivity index (χ3v) is 5.51. The van der Waals surface area contributed by atoms with E-state index in [2.05, 4.69) is 4.72 Å². The van der Waals surface area contributed by atoms with Crippen molar-refractivity contribution in [3.05, 3.63) is 53.3 Å². The van der Waals surface area contributed by atoms with Gasteiger partial charge in [-0.05, 0) is 55.5 Å². The lowest BCUT2D eigenvalue weighted by molar-refractivity contribution is 0.597. The fourth-order valence-electron chi connectivity index (χ4n) is 2.25. The number of sulfonamides is 1. The minimum Gasteiger partial charge on any atom is -0.278 e. The molecule has 0 saturated carbocycles. The van der Waals surface area contributed by atoms with E-state index in [1.165, 1.54) is 23.9 Å². The number of anilines is 1. The summed E-state index contributed by atoms with van der Waals surface area (Å²) in [6, 6.07) is 9.61. The fraction of sp³-hybridized carbons (Fsp3) is 0.200. The van der Waals surface area contributed by atoms with Crippen molar-refractivity contribution in [2.45, 2.75) is 23.6 Å². The Bertz CT molecular complexity index is 750. The van der Waals surface area contributed by atoms with Crippen molar-refractivity contribution in [2.24, 2.45) is 0 Å². The summed E-state index contributed by atoms with van der Waals surface area (Å²) in [6.45, 7) is 3.18. The number of halogens is 1. The van der Waals surface area contributed by atoms with Gasteiger partial charge in [0.25, 0.3) is 10.0 Å². The summed E-state index contributed by atoms with van der Waals surface area (Å²) in [5.41, 5.74) is 1.30. The average Bonchev–Trinajstić information content (AvgIpc) is 2.37. The minimum absolute atomic E-state index is 0.125. The molecule has 3 nitrogen and oxygen atoms in total. The highest BCUT2D eigenvalue weighted by Gasteiger charge is 2.21. The largest absolute Gasteiger partial charge is 0.278 e. The van der Waals surface area contributed by atoms with Crippen LogP contribution in [0.5, 0.6) is 0 Å². The number of thioether (sulfide) groups is 1. The van der Waals surface area contributed by atoms with Crippen LogP contribution in [0, 0.1) is 19.7 Å². The first-order valence-corrected chi connectivity index (χ1v) is 8.98. The Morgan fingerprint density at radius 1 is 1.10 bits per heavy atom. The Kier molecular flexibility index (Phi) is 4.58. The van der Waals surface area contributed by atoms with Gasteiger partial charge in [0.1, 0.15) is 5.82 Å². The quantitative estimate of drug-likeness (QED) is 0.865. The van der Waals surface area contributed by atoms with Gasteiger partial charge in [-0.3, -0.25) is 4.72 Å². The van der Waals surface area contributed by atoms with E-state index in [-0.39, 0.29) is 4.90 Å². The van der Waals surface area contributed by atoms with Crippen molar-refractivity contribution in [2.75, 3.05) is 11.0 Å². The van der Waals surface area contributed by atoms with Crippen LogP contribution in [-0.4, -0.2) is 14.7 Å². The maximum Gasteiger partial charge on any atom is 0.262 e. The van der Waals surface area contributed by atoms with Gasteiger partial charge >= 0.3 is 0 Å². The topological polar surface area (TPSA) is 46.2 Å². The van der Waals surface area contributed by atoms with E-state index in [0.717, 1.165) is 4.90 Å². The smallest absolute Gasteiger partial charge is 0.262 e. The molecule has 0 bridgehead atoms. The van der Waals surface area contributed by atoms with E-state index >= 15 is 0 Å². The van der Waals surface area contributed by atoms with Crippen LogP contribution in [0.2, 0.25) is 0 Å². The van der Waals surface area contributed by atoms with Crippen molar-refractivity contribution in [1.29, 1.82) is 0 Å². The molecule has 0 aromatic heterocycles. The summed E-state index contributed by atoms with van der Waals surface area (Å²) in [5.74, 6) is -0.437. The summed E-state index contributed by atoms with van der Waals surface area (Å²) in [5, 5.41) is 0. The number of para-hydroxylation sites is 1. The molecule has 112 valence electrons. The van der Waals surface area contributed by atoms with Crippen LogP contribution in [0.4, 0.5) is 10.1 Å². The monoisotopic (exact) mass is 325 g/mol. The summed E-state index contributed by atoms with van der Waals surface area (Å²) >= 11 is 1.46. The van der Waals surface area contributed by atoms with Crippen molar-refractivity contribution in [1.82, 2.24) is 0 Å². The zero-order valence-electron chi connectivity index (χ0n) is 12.0. The third kappa shape index (κ3) is 3.39. The minimum atomic E-state index is -3.75. The molecule has 0 radical (unpaired) electrons. The van der Waals surface area contributed by atoms with Crippen LogP contribution in [0.3, 0.4) is 0 Å². The number of hydrogen-bond acceptors (Lipinski definition) is 3. The standard InChI is InChI=1S/C15H16FNO2S2/c1-10-8-12(16)9-11(2)15(10)21(18,19)17-13-6-4-5-7-14(13)20-3/h4-9,17H,1-3H3. The van der Waals surface area contributed by atoms with E-state index in [1.54, 1.807) is 26.0 Å². The molecule has 21 heavy (non-hydrogen) atoms. The normalized spacial score (nSPS) is 11.4. The number of aryl methyl sites for hydroxylation is 2. The zero-order valence-corrected chi connectivity index (χ0v) is 13.6. The second kappa shape index (κ2) is 6.07.